The highest BCUT2D eigenvalue weighted by atomic mass is 32.1. The molecular formula is C57H60N8O11S4. The van der Waals surface area contributed by atoms with Crippen molar-refractivity contribution in [2.24, 2.45) is 5.73 Å². The van der Waals surface area contributed by atoms with Gasteiger partial charge in [0.2, 0.25) is 0 Å². The topological polar surface area (TPSA) is 273 Å². The second-order valence-electron chi connectivity index (χ2n) is 17.0. The fraction of sp³-hybridized carbons (Fsp3) is 0.175. The number of aromatic nitrogens is 4. The van der Waals surface area contributed by atoms with Crippen LogP contribution in [0.2, 0.25) is 0 Å². The summed E-state index contributed by atoms with van der Waals surface area (Å²) in [6, 6.07) is 29.3. The number of likely N-dealkylation sites (N-methyl/N-ethyl adjacent to an activating group) is 3. The van der Waals surface area contributed by atoms with E-state index in [2.05, 4.69) is 63.8 Å². The molecule has 0 aliphatic carbocycles. The van der Waals surface area contributed by atoms with Gasteiger partial charge in [0, 0.05) is 27.2 Å². The van der Waals surface area contributed by atoms with Crippen LogP contribution in [0, 0.1) is 0 Å². The number of hydrogen-bond acceptors (Lipinski definition) is 16. The zero-order valence-corrected chi connectivity index (χ0v) is 47.7. The fourth-order valence-corrected chi connectivity index (χ4v) is 9.14. The highest BCUT2D eigenvalue weighted by Crippen LogP contribution is 2.15. The van der Waals surface area contributed by atoms with Crippen LogP contribution in [0.5, 0.6) is 23.0 Å². The Morgan fingerprint density at radius 2 is 0.800 bits per heavy atom. The van der Waals surface area contributed by atoms with Crippen LogP contribution in [0.3, 0.4) is 0 Å². The van der Waals surface area contributed by atoms with Crippen molar-refractivity contribution in [1.29, 1.82) is 0 Å². The van der Waals surface area contributed by atoms with E-state index in [1.807, 2.05) is 61.7 Å². The van der Waals surface area contributed by atoms with E-state index >= 15 is 0 Å². The molecule has 0 saturated heterocycles. The summed E-state index contributed by atoms with van der Waals surface area (Å²) >= 11 is 5.28. The number of carbonyl (C=O) groups is 3. The summed E-state index contributed by atoms with van der Waals surface area (Å²) in [7, 11) is 6.82. The van der Waals surface area contributed by atoms with Gasteiger partial charge in [-0.15, -0.1) is 45.3 Å². The Kier molecular flexibility index (Phi) is 23.9. The number of aromatic amines is 4. The first-order valence-electron chi connectivity index (χ1n) is 24.0. The van der Waals surface area contributed by atoms with Crippen molar-refractivity contribution < 1.29 is 33.3 Å². The van der Waals surface area contributed by atoms with Gasteiger partial charge in [0.05, 0.1) is 36.8 Å². The molecule has 23 heteroatoms. The number of hydrogen-bond donors (Lipinski definition) is 7. The van der Waals surface area contributed by atoms with Crippen molar-refractivity contribution in [1.82, 2.24) is 35.5 Å². The minimum Gasteiger partial charge on any atom is -0.492 e. The summed E-state index contributed by atoms with van der Waals surface area (Å²) in [4.78, 5) is 91.2. The molecule has 0 spiro atoms. The first-order chi connectivity index (χ1) is 38.2. The fourth-order valence-electron chi connectivity index (χ4n) is 6.15. The van der Waals surface area contributed by atoms with Gasteiger partial charge in [-0.1, -0.05) is 74.8 Å². The molecule has 1 unspecified atom stereocenters. The number of amides is 3. The molecule has 8 aromatic rings. The molecule has 0 radical (unpaired) electrons. The van der Waals surface area contributed by atoms with E-state index in [1.165, 1.54) is 50.2 Å². The zero-order chi connectivity index (χ0) is 58.3. The monoisotopic (exact) mass is 1160 g/mol. The van der Waals surface area contributed by atoms with Gasteiger partial charge in [-0.3, -0.25) is 33.6 Å². The van der Waals surface area contributed by atoms with Gasteiger partial charge < -0.3 is 60.2 Å². The Labute approximate surface area is 473 Å². The smallest absolute Gasteiger partial charge is 0.266 e. The second kappa shape index (κ2) is 30.9. The van der Waals surface area contributed by atoms with Gasteiger partial charge in [0.15, 0.2) is 19.8 Å². The average molecular weight is 1160 g/mol. The van der Waals surface area contributed by atoms with Crippen molar-refractivity contribution in [3.8, 4) is 23.0 Å². The van der Waals surface area contributed by atoms with Crippen LogP contribution >= 0.6 is 45.3 Å². The molecule has 4 heterocycles. The maximum atomic E-state index is 11.6. The van der Waals surface area contributed by atoms with E-state index in [9.17, 15) is 33.6 Å². The maximum Gasteiger partial charge on any atom is 0.266 e. The Morgan fingerprint density at radius 1 is 0.512 bits per heavy atom. The van der Waals surface area contributed by atoms with Crippen LogP contribution in [0.25, 0.3) is 50.6 Å². The highest BCUT2D eigenvalue weighted by molar-refractivity contribution is 7.08. The van der Waals surface area contributed by atoms with E-state index < -0.39 is 5.91 Å². The molecule has 4 aromatic heterocycles. The van der Waals surface area contributed by atoms with Crippen molar-refractivity contribution in [2.75, 3.05) is 54.6 Å². The van der Waals surface area contributed by atoms with E-state index in [0.717, 1.165) is 28.0 Å². The van der Waals surface area contributed by atoms with Crippen LogP contribution in [-0.2, 0) is 14.4 Å². The zero-order valence-electron chi connectivity index (χ0n) is 44.4. The number of primary amides is 1. The summed E-state index contributed by atoms with van der Waals surface area (Å²) in [5, 5.41) is 5.59. The quantitative estimate of drug-likeness (QED) is 0.0642. The molecule has 418 valence electrons. The third-order valence-electron chi connectivity index (χ3n) is 10.4. The largest absolute Gasteiger partial charge is 0.492 e. The van der Waals surface area contributed by atoms with Gasteiger partial charge in [-0.2, -0.15) is 0 Å². The van der Waals surface area contributed by atoms with Crippen LogP contribution in [0.4, 0.5) is 0 Å². The first-order valence-corrected chi connectivity index (χ1v) is 27.3. The molecule has 3 amide bonds. The molecule has 8 rings (SSSR count). The standard InChI is InChI=1S/C15H16N2O3S.C15H18N2O2S.C14H14N2O3S.C13H12N2O3S/c1-10-16-15(19)13(21-10)8-11-4-6-12(7-5-11)20-9-14(18)17(2)3;1-10(16-3)9-19-13-6-4-12(5-7-13)8-14-15(18)17-11(2)20-14;1-9-16-14(18)12(20-9)7-10-3-5-11(6-4-10)19-8-13(17)15-2;1-8-15-13(17)11(19-8)6-9-2-4-10(5-3-9)18-7-12(14)16/h4-8H,1,9H2,2-3H3,(H,16,19);4-8,10,16H,2,9H2,1,3H3,(H,17,18);3-7H,1,8H2,2H3,(H,15,17)(H,16,18);2-6H,1,7H2,(H2,14,16)(H,15,17)/b13-8-;14-8-;12-7-;11-6-. The molecule has 1 atom stereocenters. The molecule has 0 fully saturated rings. The van der Waals surface area contributed by atoms with Gasteiger partial charge in [-0.05, 0) is 109 Å². The molecule has 4 aromatic carbocycles. The van der Waals surface area contributed by atoms with Crippen molar-refractivity contribution >= 4 is 114 Å². The van der Waals surface area contributed by atoms with Gasteiger partial charge in [0.1, 0.15) is 29.6 Å². The lowest BCUT2D eigenvalue weighted by Gasteiger charge is -2.11. The minimum absolute atomic E-state index is 0.00547. The molecule has 0 saturated carbocycles. The number of ether oxygens (including phenoxy) is 4. The van der Waals surface area contributed by atoms with Crippen molar-refractivity contribution in [3.05, 3.63) is 198 Å². The van der Waals surface area contributed by atoms with E-state index in [1.54, 1.807) is 87.9 Å². The number of benzene rings is 4. The molecule has 0 aliphatic rings. The summed E-state index contributed by atoms with van der Waals surface area (Å²) in [5.74, 6) is 1.77. The lowest BCUT2D eigenvalue weighted by molar-refractivity contribution is -0.130. The van der Waals surface area contributed by atoms with Crippen LogP contribution < -0.4 is 94.3 Å². The average Bonchev–Trinajstić information content (AvgIpc) is 4.15. The SMILES string of the molecule is C=c1[nH]c(=O)/c(=C/c2ccc(OCC(=O)N(C)C)cc2)s1.C=c1[nH]c(=O)/c(=C/c2ccc(OCC(=O)NC)cc2)s1.C=c1[nH]c(=O)/c(=C/c2ccc(OCC(C)NC)cc2)s1.C=c1[nH]c(=O)/c(=C/c2ccc(OCC(N)=O)cc2)s1. The highest BCUT2D eigenvalue weighted by Gasteiger charge is 2.06. The number of rotatable bonds is 17. The predicted molar refractivity (Wildman–Crippen MR) is 321 cm³/mol. The number of thiazole rings is 4. The molecule has 0 bridgehead atoms. The molecule has 80 heavy (non-hydrogen) atoms. The van der Waals surface area contributed by atoms with Crippen molar-refractivity contribution in [3.63, 3.8) is 0 Å². The summed E-state index contributed by atoms with van der Waals surface area (Å²) < 4.78 is 26.5. The second-order valence-corrected chi connectivity index (χ2v) is 21.6. The Morgan fingerprint density at radius 3 is 1.05 bits per heavy atom. The summed E-state index contributed by atoms with van der Waals surface area (Å²) in [6.07, 6.45) is 7.17. The number of nitrogens with zero attached hydrogens (tertiary/aromatic N) is 1. The number of H-pyrrole nitrogens is 4. The third kappa shape index (κ3) is 21.2. The Balaban J connectivity index is 0.000000196. The summed E-state index contributed by atoms with van der Waals surface area (Å²) in [5.41, 5.74) is 8.05. The van der Waals surface area contributed by atoms with E-state index in [-0.39, 0.29) is 53.9 Å². The number of nitrogens with one attached hydrogen (secondary N) is 6. The Hall–Kier alpha value is -8.87. The van der Waals surface area contributed by atoms with Crippen LogP contribution in [0.15, 0.2) is 116 Å². The number of carbonyl (C=O) groups excluding carboxylic acids is 3. The molecule has 8 N–H and O–H groups in total. The normalized spacial score (nSPS) is 11.9. The molecular weight excluding hydrogens is 1100 g/mol. The van der Waals surface area contributed by atoms with Crippen LogP contribution in [0.1, 0.15) is 29.2 Å². The Bertz CT molecular complexity index is 4070. The van der Waals surface area contributed by atoms with Gasteiger partial charge in [0.25, 0.3) is 40.0 Å². The molecule has 0 aliphatic heterocycles. The lowest BCUT2D eigenvalue weighted by Crippen LogP contribution is -2.28. The van der Waals surface area contributed by atoms with Gasteiger partial charge >= 0.3 is 0 Å². The van der Waals surface area contributed by atoms with Gasteiger partial charge in [-0.25, -0.2) is 0 Å². The minimum atomic E-state index is -0.524. The summed E-state index contributed by atoms with van der Waals surface area (Å²) in [6.45, 7) is 17.3. The van der Waals surface area contributed by atoms with Crippen molar-refractivity contribution in [2.45, 2.75) is 13.0 Å². The number of nitrogens with two attached hydrogens (primary N) is 1. The predicted octanol–water partition coefficient (Wildman–Crippen LogP) is 0.145. The van der Waals surface area contributed by atoms with E-state index in [4.69, 9.17) is 24.7 Å². The van der Waals surface area contributed by atoms with E-state index in [0.29, 0.717) is 66.7 Å². The first kappa shape index (κ1) is 62.0. The molecule has 19 nitrogen and oxygen atoms in total. The third-order valence-corrected chi connectivity index (χ3v) is 13.9. The maximum absolute atomic E-state index is 11.6. The van der Waals surface area contributed by atoms with Crippen LogP contribution in [-0.4, -0.2) is 103 Å². The lowest BCUT2D eigenvalue weighted by atomic mass is 10.2.